The quantitative estimate of drug-likeness (QED) is 0.544. The molecule has 0 saturated carbocycles. The van der Waals surface area contributed by atoms with E-state index in [1.54, 1.807) is 0 Å². The zero-order chi connectivity index (χ0) is 5.98. The fourth-order valence-electron chi connectivity index (χ4n) is 1.05. The molecule has 1 heterocycles. The van der Waals surface area contributed by atoms with E-state index in [2.05, 4.69) is 11.8 Å². The molecule has 0 atom stereocenters. The molecule has 0 aliphatic carbocycles. The second-order valence-electron chi connectivity index (χ2n) is 2.40. The Hall–Kier alpha value is -0.0800. The summed E-state index contributed by atoms with van der Waals surface area (Å²) in [6.07, 6.45) is 0. The SMILES string of the molecule is CCN1CC(CO)C1. The zero-order valence-corrected chi connectivity index (χ0v) is 5.30. The summed E-state index contributed by atoms with van der Waals surface area (Å²) in [6, 6.07) is 0. The molecule has 8 heavy (non-hydrogen) atoms. The largest absolute Gasteiger partial charge is 0.396 e. The Morgan fingerprint density at radius 3 is 2.62 bits per heavy atom. The fraction of sp³-hybridized carbons (Fsp3) is 1.00. The summed E-state index contributed by atoms with van der Waals surface area (Å²) in [5.74, 6) is 0.579. The van der Waals surface area contributed by atoms with E-state index < -0.39 is 0 Å². The minimum Gasteiger partial charge on any atom is -0.396 e. The van der Waals surface area contributed by atoms with E-state index in [4.69, 9.17) is 5.11 Å². The first-order chi connectivity index (χ1) is 3.86. The second-order valence-corrected chi connectivity index (χ2v) is 2.40. The average molecular weight is 115 g/mol. The Morgan fingerprint density at radius 2 is 2.25 bits per heavy atom. The van der Waals surface area contributed by atoms with Crippen LogP contribution >= 0.6 is 0 Å². The van der Waals surface area contributed by atoms with Gasteiger partial charge in [-0.3, -0.25) is 0 Å². The van der Waals surface area contributed by atoms with E-state index in [1.165, 1.54) is 0 Å². The number of hydrogen-bond donors (Lipinski definition) is 1. The van der Waals surface area contributed by atoms with Crippen LogP contribution in [-0.2, 0) is 0 Å². The summed E-state index contributed by atoms with van der Waals surface area (Å²) in [6.45, 7) is 5.86. The first kappa shape index (κ1) is 6.05. The van der Waals surface area contributed by atoms with Crippen LogP contribution in [0.2, 0.25) is 0 Å². The van der Waals surface area contributed by atoms with Crippen LogP contribution in [0, 0.1) is 5.92 Å². The molecule has 1 aliphatic heterocycles. The van der Waals surface area contributed by atoms with Crippen LogP contribution in [0.1, 0.15) is 6.92 Å². The molecule has 0 aromatic carbocycles. The highest BCUT2D eigenvalue weighted by Crippen LogP contribution is 2.12. The Morgan fingerprint density at radius 1 is 1.62 bits per heavy atom. The van der Waals surface area contributed by atoms with Gasteiger partial charge in [0.05, 0.1) is 0 Å². The highest BCUT2D eigenvalue weighted by atomic mass is 16.3. The minimum absolute atomic E-state index is 0.372. The van der Waals surface area contributed by atoms with Crippen molar-refractivity contribution in [2.45, 2.75) is 6.92 Å². The van der Waals surface area contributed by atoms with Gasteiger partial charge in [-0.25, -0.2) is 0 Å². The standard InChI is InChI=1S/C6H13NO/c1-2-7-3-6(4-7)5-8/h6,8H,2-5H2,1H3. The molecule has 0 amide bonds. The van der Waals surface area contributed by atoms with Crippen LogP contribution in [0.3, 0.4) is 0 Å². The fourth-order valence-corrected chi connectivity index (χ4v) is 1.05. The van der Waals surface area contributed by atoms with Gasteiger partial charge in [-0.15, -0.1) is 0 Å². The van der Waals surface area contributed by atoms with E-state index in [0.29, 0.717) is 12.5 Å². The van der Waals surface area contributed by atoms with E-state index in [1.807, 2.05) is 0 Å². The van der Waals surface area contributed by atoms with Crippen molar-refractivity contribution in [3.63, 3.8) is 0 Å². The van der Waals surface area contributed by atoms with Gasteiger partial charge in [-0.2, -0.15) is 0 Å². The molecule has 0 spiro atoms. The Balaban J connectivity index is 2.03. The zero-order valence-electron chi connectivity index (χ0n) is 5.30. The number of likely N-dealkylation sites (tertiary alicyclic amines) is 1. The predicted molar refractivity (Wildman–Crippen MR) is 32.7 cm³/mol. The summed E-state index contributed by atoms with van der Waals surface area (Å²) in [4.78, 5) is 2.32. The summed E-state index contributed by atoms with van der Waals surface area (Å²) in [7, 11) is 0. The van der Waals surface area contributed by atoms with Crippen molar-refractivity contribution in [2.75, 3.05) is 26.2 Å². The molecule has 2 heteroatoms. The predicted octanol–water partition coefficient (Wildman–Crippen LogP) is -0.0696. The normalized spacial score (nSPS) is 23.2. The molecule has 0 unspecified atom stereocenters. The van der Waals surface area contributed by atoms with Crippen LogP contribution in [0.15, 0.2) is 0 Å². The number of rotatable bonds is 2. The number of aliphatic hydroxyl groups excluding tert-OH is 1. The lowest BCUT2D eigenvalue weighted by Crippen LogP contribution is -2.47. The third-order valence-corrected chi connectivity index (χ3v) is 1.74. The van der Waals surface area contributed by atoms with E-state index >= 15 is 0 Å². The van der Waals surface area contributed by atoms with Crippen LogP contribution < -0.4 is 0 Å². The molecule has 1 aliphatic rings. The number of hydrogen-bond acceptors (Lipinski definition) is 2. The highest BCUT2D eigenvalue weighted by molar-refractivity contribution is 4.77. The summed E-state index contributed by atoms with van der Waals surface area (Å²) in [5, 5.41) is 8.57. The molecule has 2 nitrogen and oxygen atoms in total. The summed E-state index contributed by atoms with van der Waals surface area (Å²) in [5.41, 5.74) is 0. The number of nitrogens with zero attached hydrogens (tertiary/aromatic N) is 1. The highest BCUT2D eigenvalue weighted by Gasteiger charge is 2.23. The molecule has 48 valence electrons. The van der Waals surface area contributed by atoms with Gasteiger partial charge in [0.1, 0.15) is 0 Å². The third-order valence-electron chi connectivity index (χ3n) is 1.74. The Labute approximate surface area is 50.1 Å². The van der Waals surface area contributed by atoms with E-state index in [-0.39, 0.29) is 0 Å². The molecule has 1 N–H and O–H groups in total. The van der Waals surface area contributed by atoms with Crippen molar-refractivity contribution < 1.29 is 5.11 Å². The third kappa shape index (κ3) is 1.01. The first-order valence-electron chi connectivity index (χ1n) is 3.20. The molecule has 0 radical (unpaired) electrons. The lowest BCUT2D eigenvalue weighted by atomic mass is 10.0. The van der Waals surface area contributed by atoms with Crippen molar-refractivity contribution in [2.24, 2.45) is 5.92 Å². The second kappa shape index (κ2) is 2.46. The van der Waals surface area contributed by atoms with Crippen LogP contribution in [-0.4, -0.2) is 36.2 Å². The molecule has 0 aromatic rings. The molecule has 1 fully saturated rings. The molecular formula is C6H13NO. The monoisotopic (exact) mass is 115 g/mol. The Kier molecular flexibility index (Phi) is 1.86. The topological polar surface area (TPSA) is 23.5 Å². The van der Waals surface area contributed by atoms with Crippen LogP contribution in [0.5, 0.6) is 0 Å². The maximum atomic E-state index is 8.57. The average Bonchev–Trinajstić information content (AvgIpc) is 1.65. The van der Waals surface area contributed by atoms with Crippen molar-refractivity contribution in [3.8, 4) is 0 Å². The van der Waals surface area contributed by atoms with E-state index in [0.717, 1.165) is 19.6 Å². The number of aliphatic hydroxyl groups is 1. The van der Waals surface area contributed by atoms with Crippen LogP contribution in [0.25, 0.3) is 0 Å². The van der Waals surface area contributed by atoms with Gasteiger partial charge >= 0.3 is 0 Å². The van der Waals surface area contributed by atoms with Gasteiger partial charge in [0.2, 0.25) is 0 Å². The summed E-state index contributed by atoms with van der Waals surface area (Å²) >= 11 is 0. The molecule has 0 aromatic heterocycles. The Bertz CT molecular complexity index is 60.9. The molecule has 0 bridgehead atoms. The van der Waals surface area contributed by atoms with Gasteiger partial charge in [0.25, 0.3) is 0 Å². The lowest BCUT2D eigenvalue weighted by Gasteiger charge is -2.37. The van der Waals surface area contributed by atoms with Crippen molar-refractivity contribution in [3.05, 3.63) is 0 Å². The van der Waals surface area contributed by atoms with Gasteiger partial charge in [0.15, 0.2) is 0 Å². The molecule has 1 saturated heterocycles. The van der Waals surface area contributed by atoms with Gasteiger partial charge in [-0.05, 0) is 6.54 Å². The lowest BCUT2D eigenvalue weighted by molar-refractivity contribution is 0.0587. The van der Waals surface area contributed by atoms with E-state index in [9.17, 15) is 0 Å². The maximum absolute atomic E-state index is 8.57. The van der Waals surface area contributed by atoms with Gasteiger partial charge < -0.3 is 10.0 Å². The summed E-state index contributed by atoms with van der Waals surface area (Å²) < 4.78 is 0. The smallest absolute Gasteiger partial charge is 0.0483 e. The maximum Gasteiger partial charge on any atom is 0.0483 e. The van der Waals surface area contributed by atoms with Gasteiger partial charge in [-0.1, -0.05) is 6.92 Å². The molecule has 1 rings (SSSR count). The first-order valence-corrected chi connectivity index (χ1v) is 3.20. The van der Waals surface area contributed by atoms with Crippen molar-refractivity contribution >= 4 is 0 Å². The molecular weight excluding hydrogens is 102 g/mol. The van der Waals surface area contributed by atoms with Crippen molar-refractivity contribution in [1.29, 1.82) is 0 Å². The van der Waals surface area contributed by atoms with Crippen LogP contribution in [0.4, 0.5) is 0 Å². The van der Waals surface area contributed by atoms with Gasteiger partial charge in [0, 0.05) is 25.6 Å². The van der Waals surface area contributed by atoms with Crippen molar-refractivity contribution in [1.82, 2.24) is 4.90 Å². The minimum atomic E-state index is 0.372.